The van der Waals surface area contributed by atoms with Gasteiger partial charge in [0.05, 0.1) is 11.8 Å². The molecule has 2 aliphatic heterocycles. The molecule has 0 radical (unpaired) electrons. The molecule has 2 atom stereocenters. The third-order valence-corrected chi connectivity index (χ3v) is 4.02. The van der Waals surface area contributed by atoms with Crippen LogP contribution in [0, 0.1) is 0 Å². The van der Waals surface area contributed by atoms with E-state index in [0.717, 1.165) is 18.5 Å². The number of aliphatic hydroxyl groups excluding tert-OH is 1. The van der Waals surface area contributed by atoms with Gasteiger partial charge in [0, 0.05) is 30.5 Å². The van der Waals surface area contributed by atoms with Gasteiger partial charge in [-0.3, -0.25) is 4.98 Å². The Labute approximate surface area is 101 Å². The summed E-state index contributed by atoms with van der Waals surface area (Å²) in [5, 5.41) is 9.80. The number of aromatic nitrogens is 1. The molecule has 3 heterocycles. The number of hydrogen-bond acceptors (Lipinski definition) is 4. The Morgan fingerprint density at radius 2 is 2.06 bits per heavy atom. The Morgan fingerprint density at radius 1 is 1.35 bits per heavy atom. The largest absolute Gasteiger partial charge is 0.393 e. The lowest BCUT2D eigenvalue weighted by Crippen LogP contribution is -2.44. The molecule has 92 valence electrons. The second-order valence-corrected chi connectivity index (χ2v) is 5.13. The molecule has 2 saturated heterocycles. The maximum absolute atomic E-state index is 9.80. The fourth-order valence-corrected chi connectivity index (χ4v) is 3.31. The normalized spacial score (nSPS) is 31.9. The number of aliphatic hydroxyl groups is 1. The van der Waals surface area contributed by atoms with Crippen LogP contribution in [0.1, 0.15) is 31.4 Å². The first-order valence-electron chi connectivity index (χ1n) is 6.39. The van der Waals surface area contributed by atoms with Crippen molar-refractivity contribution in [2.45, 2.75) is 50.4 Å². The summed E-state index contributed by atoms with van der Waals surface area (Å²) >= 11 is 0. The molecule has 4 heteroatoms. The summed E-state index contributed by atoms with van der Waals surface area (Å²) in [5.41, 5.74) is 7.79. The third kappa shape index (κ3) is 1.91. The highest BCUT2D eigenvalue weighted by Gasteiger charge is 2.40. The van der Waals surface area contributed by atoms with Crippen molar-refractivity contribution in [2.75, 3.05) is 4.90 Å². The van der Waals surface area contributed by atoms with Crippen LogP contribution in [0.25, 0.3) is 0 Å². The molecule has 4 nitrogen and oxygen atoms in total. The van der Waals surface area contributed by atoms with Crippen LogP contribution in [0.15, 0.2) is 18.3 Å². The molecule has 0 aliphatic carbocycles. The second kappa shape index (κ2) is 4.27. The highest BCUT2D eigenvalue weighted by atomic mass is 16.3. The van der Waals surface area contributed by atoms with Crippen LogP contribution in [0.4, 0.5) is 5.69 Å². The molecule has 0 saturated carbocycles. The van der Waals surface area contributed by atoms with E-state index < -0.39 is 0 Å². The molecule has 3 rings (SSSR count). The molecule has 0 aromatic carbocycles. The van der Waals surface area contributed by atoms with Crippen LogP contribution >= 0.6 is 0 Å². The van der Waals surface area contributed by atoms with Crippen molar-refractivity contribution < 1.29 is 5.11 Å². The molecule has 2 fully saturated rings. The second-order valence-electron chi connectivity index (χ2n) is 5.13. The van der Waals surface area contributed by atoms with Crippen molar-refractivity contribution in [1.29, 1.82) is 0 Å². The van der Waals surface area contributed by atoms with E-state index in [1.54, 1.807) is 0 Å². The lowest BCUT2D eigenvalue weighted by atomic mass is 9.99. The van der Waals surface area contributed by atoms with Gasteiger partial charge in [-0.2, -0.15) is 0 Å². The molecule has 1 aromatic heterocycles. The minimum atomic E-state index is -0.112. The Bertz CT molecular complexity index is 395. The number of nitrogens with two attached hydrogens (primary N) is 1. The van der Waals surface area contributed by atoms with Crippen LogP contribution in [-0.4, -0.2) is 28.3 Å². The van der Waals surface area contributed by atoms with Crippen LogP contribution in [0.2, 0.25) is 0 Å². The van der Waals surface area contributed by atoms with Gasteiger partial charge in [-0.1, -0.05) is 0 Å². The molecule has 2 unspecified atom stereocenters. The zero-order valence-electron chi connectivity index (χ0n) is 9.92. The third-order valence-electron chi connectivity index (χ3n) is 4.02. The fraction of sp³-hybridized carbons (Fsp3) is 0.615. The first-order valence-corrected chi connectivity index (χ1v) is 6.39. The highest BCUT2D eigenvalue weighted by molar-refractivity contribution is 5.50. The molecular formula is C13H19N3O. The van der Waals surface area contributed by atoms with Crippen molar-refractivity contribution in [2.24, 2.45) is 5.73 Å². The number of pyridine rings is 1. The van der Waals surface area contributed by atoms with E-state index in [-0.39, 0.29) is 6.10 Å². The van der Waals surface area contributed by atoms with Crippen molar-refractivity contribution in [3.63, 3.8) is 0 Å². The van der Waals surface area contributed by atoms with Gasteiger partial charge in [0.1, 0.15) is 0 Å². The van der Waals surface area contributed by atoms with Gasteiger partial charge in [-0.15, -0.1) is 0 Å². The molecular weight excluding hydrogens is 214 g/mol. The quantitative estimate of drug-likeness (QED) is 0.801. The highest BCUT2D eigenvalue weighted by Crippen LogP contribution is 2.39. The summed E-state index contributed by atoms with van der Waals surface area (Å²) in [4.78, 5) is 6.70. The van der Waals surface area contributed by atoms with Gasteiger partial charge in [-0.05, 0) is 37.8 Å². The van der Waals surface area contributed by atoms with E-state index in [1.807, 2.05) is 6.20 Å². The van der Waals surface area contributed by atoms with Crippen LogP contribution in [-0.2, 0) is 6.54 Å². The van der Waals surface area contributed by atoms with Crippen LogP contribution < -0.4 is 10.6 Å². The van der Waals surface area contributed by atoms with E-state index in [0.29, 0.717) is 18.6 Å². The predicted octanol–water partition coefficient (Wildman–Crippen LogP) is 1.03. The van der Waals surface area contributed by atoms with Crippen LogP contribution in [0.5, 0.6) is 0 Å². The molecule has 17 heavy (non-hydrogen) atoms. The van der Waals surface area contributed by atoms with Crippen molar-refractivity contribution in [3.8, 4) is 0 Å². The monoisotopic (exact) mass is 233 g/mol. The number of anilines is 1. The van der Waals surface area contributed by atoms with Crippen molar-refractivity contribution >= 4 is 5.69 Å². The number of fused-ring (bicyclic) bond motifs is 2. The minimum Gasteiger partial charge on any atom is -0.393 e. The Morgan fingerprint density at radius 3 is 2.71 bits per heavy atom. The average molecular weight is 233 g/mol. The molecule has 0 amide bonds. The van der Waals surface area contributed by atoms with Gasteiger partial charge < -0.3 is 15.7 Å². The van der Waals surface area contributed by atoms with E-state index in [4.69, 9.17) is 5.73 Å². The van der Waals surface area contributed by atoms with E-state index in [9.17, 15) is 5.11 Å². The summed E-state index contributed by atoms with van der Waals surface area (Å²) in [6, 6.07) is 5.14. The number of piperidine rings is 1. The van der Waals surface area contributed by atoms with E-state index >= 15 is 0 Å². The smallest absolute Gasteiger partial charge is 0.0579 e. The summed E-state index contributed by atoms with van der Waals surface area (Å²) < 4.78 is 0. The zero-order valence-corrected chi connectivity index (χ0v) is 9.92. The average Bonchev–Trinajstić information content (AvgIpc) is 2.62. The first kappa shape index (κ1) is 11.0. The van der Waals surface area contributed by atoms with Crippen LogP contribution in [0.3, 0.4) is 0 Å². The topological polar surface area (TPSA) is 62.4 Å². The standard InChI is InChI=1S/C13H19N3O/c14-8-9-5-12(3-4-15-9)16-10-1-2-11(16)7-13(17)6-10/h3-5,10-11,13,17H,1-2,6-8,14H2. The predicted molar refractivity (Wildman–Crippen MR) is 66.7 cm³/mol. The molecule has 2 bridgehead atoms. The Hall–Kier alpha value is -1.13. The first-order chi connectivity index (χ1) is 8.28. The lowest BCUT2D eigenvalue weighted by Gasteiger charge is -2.39. The van der Waals surface area contributed by atoms with E-state index in [1.165, 1.54) is 18.5 Å². The van der Waals surface area contributed by atoms with Crippen molar-refractivity contribution in [3.05, 3.63) is 24.0 Å². The molecule has 1 aromatic rings. The maximum Gasteiger partial charge on any atom is 0.0579 e. The van der Waals surface area contributed by atoms with Gasteiger partial charge in [0.2, 0.25) is 0 Å². The number of hydrogen-bond donors (Lipinski definition) is 2. The molecule has 3 N–H and O–H groups in total. The van der Waals surface area contributed by atoms with Crippen molar-refractivity contribution in [1.82, 2.24) is 4.98 Å². The Balaban J connectivity index is 1.89. The fourth-order valence-electron chi connectivity index (χ4n) is 3.31. The van der Waals surface area contributed by atoms with Gasteiger partial charge in [-0.25, -0.2) is 0 Å². The lowest BCUT2D eigenvalue weighted by molar-refractivity contribution is 0.126. The number of nitrogens with zero attached hydrogens (tertiary/aromatic N) is 2. The Kier molecular flexibility index (Phi) is 2.76. The summed E-state index contributed by atoms with van der Waals surface area (Å²) in [6.45, 7) is 0.486. The summed E-state index contributed by atoms with van der Waals surface area (Å²) in [7, 11) is 0. The minimum absolute atomic E-state index is 0.112. The van der Waals surface area contributed by atoms with Gasteiger partial charge >= 0.3 is 0 Å². The zero-order chi connectivity index (χ0) is 11.8. The van der Waals surface area contributed by atoms with Gasteiger partial charge in [0.25, 0.3) is 0 Å². The van der Waals surface area contributed by atoms with Gasteiger partial charge in [0.15, 0.2) is 0 Å². The SMILES string of the molecule is NCc1cc(N2C3CCC2CC(O)C3)ccn1. The molecule has 2 aliphatic rings. The number of rotatable bonds is 2. The summed E-state index contributed by atoms with van der Waals surface area (Å²) in [6.07, 6.45) is 5.92. The van der Waals surface area contributed by atoms with E-state index in [2.05, 4.69) is 22.0 Å². The maximum atomic E-state index is 9.80. The molecule has 0 spiro atoms. The summed E-state index contributed by atoms with van der Waals surface area (Å²) in [5.74, 6) is 0.